The van der Waals surface area contributed by atoms with E-state index >= 15 is 0 Å². The van der Waals surface area contributed by atoms with Gasteiger partial charge in [-0.15, -0.1) is 0 Å². The summed E-state index contributed by atoms with van der Waals surface area (Å²) in [5, 5.41) is 7.09. The number of aromatic nitrogens is 3. The molecule has 1 aliphatic carbocycles. The maximum atomic E-state index is 12.7. The Bertz CT molecular complexity index is 848. The van der Waals surface area contributed by atoms with Gasteiger partial charge in [0.05, 0.1) is 19.1 Å². The van der Waals surface area contributed by atoms with E-state index in [1.807, 2.05) is 19.2 Å². The summed E-state index contributed by atoms with van der Waals surface area (Å²) in [7, 11) is 0. The smallest absolute Gasteiger partial charge is 0.224 e. The zero-order valence-corrected chi connectivity index (χ0v) is 16.4. The highest BCUT2D eigenvalue weighted by atomic mass is 16.5. The number of ether oxygens (including phenoxy) is 1. The van der Waals surface area contributed by atoms with Gasteiger partial charge in [-0.3, -0.25) is 14.3 Å². The Kier molecular flexibility index (Phi) is 5.62. The number of carbonyl (C=O) groups is 2. The highest BCUT2D eigenvalue weighted by Gasteiger charge is 2.30. The lowest BCUT2D eigenvalue weighted by molar-refractivity contribution is -0.120. The standard InChI is InChI=1S/C21H28N4O3/c1-15-17(13-20(27)22-9-11-24-10-4-8-23-24)21-18(6-2-7-19(21)26)25(15)14-16-5-3-12-28-16/h4,8,10,16H,2-3,5-7,9,11-14H2,1H3,(H,22,27)/t16-/m1/s1. The zero-order valence-electron chi connectivity index (χ0n) is 16.4. The van der Waals surface area contributed by atoms with Gasteiger partial charge in [0, 0.05) is 55.5 Å². The van der Waals surface area contributed by atoms with E-state index in [1.165, 1.54) is 0 Å². The Labute approximate surface area is 165 Å². The molecule has 1 saturated heterocycles. The van der Waals surface area contributed by atoms with E-state index in [-0.39, 0.29) is 24.2 Å². The van der Waals surface area contributed by atoms with Crippen LogP contribution in [0.15, 0.2) is 18.5 Å². The predicted octanol–water partition coefficient (Wildman–Crippen LogP) is 2.05. The molecule has 2 aliphatic rings. The number of ketones is 1. The number of nitrogens with zero attached hydrogens (tertiary/aromatic N) is 3. The van der Waals surface area contributed by atoms with Crippen LogP contribution in [0.4, 0.5) is 0 Å². The third kappa shape index (κ3) is 3.90. The molecule has 2 aromatic rings. The maximum absolute atomic E-state index is 12.7. The van der Waals surface area contributed by atoms with Crippen LogP contribution in [-0.4, -0.2) is 45.3 Å². The number of rotatable bonds is 7. The first kappa shape index (κ1) is 18.9. The van der Waals surface area contributed by atoms with Crippen molar-refractivity contribution in [2.24, 2.45) is 0 Å². The van der Waals surface area contributed by atoms with Crippen molar-refractivity contribution in [1.82, 2.24) is 19.7 Å². The number of amides is 1. The number of carbonyl (C=O) groups excluding carboxylic acids is 2. The van der Waals surface area contributed by atoms with E-state index in [4.69, 9.17) is 4.74 Å². The summed E-state index contributed by atoms with van der Waals surface area (Å²) in [6, 6.07) is 1.86. The summed E-state index contributed by atoms with van der Waals surface area (Å²) in [6.07, 6.45) is 8.56. The minimum absolute atomic E-state index is 0.0503. The Balaban J connectivity index is 1.49. The summed E-state index contributed by atoms with van der Waals surface area (Å²) >= 11 is 0. The molecule has 3 heterocycles. The van der Waals surface area contributed by atoms with Crippen molar-refractivity contribution < 1.29 is 14.3 Å². The second kappa shape index (κ2) is 8.31. The molecule has 1 amide bonds. The van der Waals surface area contributed by atoms with Crippen molar-refractivity contribution >= 4 is 11.7 Å². The maximum Gasteiger partial charge on any atom is 0.224 e. The first-order valence-electron chi connectivity index (χ1n) is 10.2. The van der Waals surface area contributed by atoms with E-state index in [0.29, 0.717) is 19.5 Å². The van der Waals surface area contributed by atoms with Crippen LogP contribution in [0.25, 0.3) is 0 Å². The second-order valence-corrected chi connectivity index (χ2v) is 7.70. The van der Waals surface area contributed by atoms with Crippen LogP contribution < -0.4 is 5.32 Å². The summed E-state index contributed by atoms with van der Waals surface area (Å²) in [4.78, 5) is 25.2. The van der Waals surface area contributed by atoms with E-state index in [0.717, 1.165) is 61.3 Å². The largest absolute Gasteiger partial charge is 0.376 e. The molecule has 7 heteroatoms. The predicted molar refractivity (Wildman–Crippen MR) is 104 cm³/mol. The number of fused-ring (bicyclic) bond motifs is 1. The van der Waals surface area contributed by atoms with Crippen molar-refractivity contribution in [3.63, 3.8) is 0 Å². The minimum atomic E-state index is -0.0503. The zero-order chi connectivity index (χ0) is 19.5. The second-order valence-electron chi connectivity index (χ2n) is 7.70. The van der Waals surface area contributed by atoms with Gasteiger partial charge >= 0.3 is 0 Å². The summed E-state index contributed by atoms with van der Waals surface area (Å²) in [6.45, 7) is 4.79. The molecule has 1 fully saturated rings. The lowest BCUT2D eigenvalue weighted by atomic mass is 9.92. The van der Waals surface area contributed by atoms with Gasteiger partial charge in [0.1, 0.15) is 0 Å². The van der Waals surface area contributed by atoms with E-state index < -0.39 is 0 Å². The lowest BCUT2D eigenvalue weighted by Crippen LogP contribution is -2.29. The molecule has 1 aliphatic heterocycles. The number of hydrogen-bond donors (Lipinski definition) is 1. The number of Topliss-reactive ketones (excluding diaryl/α,β-unsaturated/α-hetero) is 1. The number of hydrogen-bond acceptors (Lipinski definition) is 4. The molecule has 0 unspecified atom stereocenters. The Morgan fingerprint density at radius 2 is 2.25 bits per heavy atom. The van der Waals surface area contributed by atoms with Crippen molar-refractivity contribution in [1.29, 1.82) is 0 Å². The molecule has 28 heavy (non-hydrogen) atoms. The fraction of sp³-hybridized carbons (Fsp3) is 0.571. The Hall–Kier alpha value is -2.41. The van der Waals surface area contributed by atoms with Crippen LogP contribution in [0, 0.1) is 6.92 Å². The Morgan fingerprint density at radius 3 is 3.00 bits per heavy atom. The highest BCUT2D eigenvalue weighted by Crippen LogP contribution is 2.31. The highest BCUT2D eigenvalue weighted by molar-refractivity contribution is 6.01. The topological polar surface area (TPSA) is 78.2 Å². The third-order valence-corrected chi connectivity index (χ3v) is 5.82. The average Bonchev–Trinajstić information content (AvgIpc) is 3.41. The van der Waals surface area contributed by atoms with Gasteiger partial charge in [-0.25, -0.2) is 0 Å². The monoisotopic (exact) mass is 384 g/mol. The molecule has 0 saturated carbocycles. The molecule has 1 N–H and O–H groups in total. The molecule has 0 aromatic carbocycles. The summed E-state index contributed by atoms with van der Waals surface area (Å²) in [5.41, 5.74) is 3.83. The van der Waals surface area contributed by atoms with Crippen LogP contribution >= 0.6 is 0 Å². The van der Waals surface area contributed by atoms with Gasteiger partial charge in [0.15, 0.2) is 5.78 Å². The molecule has 150 valence electrons. The van der Waals surface area contributed by atoms with Crippen LogP contribution in [-0.2, 0) is 35.5 Å². The van der Waals surface area contributed by atoms with Gasteiger partial charge in [-0.1, -0.05) is 0 Å². The first-order valence-corrected chi connectivity index (χ1v) is 10.2. The van der Waals surface area contributed by atoms with E-state index in [2.05, 4.69) is 15.0 Å². The molecule has 1 atom stereocenters. The van der Waals surface area contributed by atoms with Crippen LogP contribution in [0.5, 0.6) is 0 Å². The molecule has 0 radical (unpaired) electrons. The van der Waals surface area contributed by atoms with Crippen LogP contribution in [0.2, 0.25) is 0 Å². The van der Waals surface area contributed by atoms with Crippen LogP contribution in [0.3, 0.4) is 0 Å². The minimum Gasteiger partial charge on any atom is -0.376 e. The molecule has 4 rings (SSSR count). The fourth-order valence-corrected chi connectivity index (χ4v) is 4.41. The molecule has 0 spiro atoms. The lowest BCUT2D eigenvalue weighted by Gasteiger charge is -2.18. The van der Waals surface area contributed by atoms with Crippen molar-refractivity contribution in [2.75, 3.05) is 13.2 Å². The van der Waals surface area contributed by atoms with Gasteiger partial charge in [0.2, 0.25) is 5.91 Å². The normalized spacial score (nSPS) is 19.0. The third-order valence-electron chi connectivity index (χ3n) is 5.82. The number of nitrogens with one attached hydrogen (secondary N) is 1. The van der Waals surface area contributed by atoms with Gasteiger partial charge in [0.25, 0.3) is 0 Å². The Morgan fingerprint density at radius 1 is 1.36 bits per heavy atom. The van der Waals surface area contributed by atoms with Gasteiger partial charge in [-0.2, -0.15) is 5.10 Å². The molecule has 0 bridgehead atoms. The molecule has 7 nitrogen and oxygen atoms in total. The molecular weight excluding hydrogens is 356 g/mol. The first-order chi connectivity index (χ1) is 13.6. The molecular formula is C21H28N4O3. The quantitative estimate of drug-likeness (QED) is 0.793. The SMILES string of the molecule is Cc1c(CC(=O)NCCn2cccn2)c2c(n1C[C@H]1CCCO1)CCCC2=O. The van der Waals surface area contributed by atoms with Gasteiger partial charge < -0.3 is 14.6 Å². The summed E-state index contributed by atoms with van der Waals surface area (Å²) in [5.74, 6) is 0.125. The van der Waals surface area contributed by atoms with Crippen molar-refractivity contribution in [3.8, 4) is 0 Å². The van der Waals surface area contributed by atoms with Gasteiger partial charge in [-0.05, 0) is 44.2 Å². The fourth-order valence-electron chi connectivity index (χ4n) is 4.41. The van der Waals surface area contributed by atoms with E-state index in [9.17, 15) is 9.59 Å². The average molecular weight is 384 g/mol. The van der Waals surface area contributed by atoms with Crippen molar-refractivity contribution in [3.05, 3.63) is 41.0 Å². The summed E-state index contributed by atoms with van der Waals surface area (Å²) < 4.78 is 9.85. The van der Waals surface area contributed by atoms with E-state index in [1.54, 1.807) is 10.9 Å². The molecule has 2 aromatic heterocycles. The van der Waals surface area contributed by atoms with Crippen molar-refractivity contribution in [2.45, 2.75) is 64.6 Å². The van der Waals surface area contributed by atoms with Crippen LogP contribution in [0.1, 0.15) is 53.0 Å².